The Morgan fingerprint density at radius 3 is 1.18 bits per heavy atom. The second-order valence-corrected chi connectivity index (χ2v) is 3.15. The van der Waals surface area contributed by atoms with Crippen molar-refractivity contribution in [2.24, 2.45) is 0 Å². The van der Waals surface area contributed by atoms with E-state index in [0.717, 1.165) is 0 Å². The molecule has 0 aliphatic carbocycles. The Labute approximate surface area is 95.9 Å². The number of hydrogen-bond acceptors (Lipinski definition) is 5. The number of carboxylic acids is 1. The van der Waals surface area contributed by atoms with Crippen molar-refractivity contribution in [1.29, 1.82) is 0 Å². The molecule has 0 saturated carbocycles. The molecular formula is C8H16F3NO5. The van der Waals surface area contributed by atoms with E-state index in [1.807, 2.05) is 0 Å². The summed E-state index contributed by atoms with van der Waals surface area (Å²) < 4.78 is 31.7. The van der Waals surface area contributed by atoms with Crippen molar-refractivity contribution in [3.63, 3.8) is 0 Å². The van der Waals surface area contributed by atoms with Gasteiger partial charge in [-0.1, -0.05) is 0 Å². The van der Waals surface area contributed by atoms with Crippen LogP contribution in [0.3, 0.4) is 0 Å². The Morgan fingerprint density at radius 1 is 1.00 bits per heavy atom. The Hall–Kier alpha value is -0.900. The molecule has 0 radical (unpaired) electrons. The normalized spacial score (nSPS) is 16.8. The summed E-state index contributed by atoms with van der Waals surface area (Å²) in [5, 5.41) is 34.0. The molecule has 0 heterocycles. The summed E-state index contributed by atoms with van der Waals surface area (Å²) in [6.07, 6.45) is -7.58. The summed E-state index contributed by atoms with van der Waals surface area (Å²) in [5.74, 6) is -2.76. The molecule has 9 heteroatoms. The fraction of sp³-hybridized carbons (Fsp3) is 0.875. The zero-order chi connectivity index (χ0) is 14.4. The second kappa shape index (κ2) is 7.43. The minimum Gasteiger partial charge on any atom is -0.475 e. The first-order valence-electron chi connectivity index (χ1n) is 4.53. The van der Waals surface area contributed by atoms with Gasteiger partial charge in [0.15, 0.2) is 0 Å². The Bertz CT molecular complexity index is 211. The molecule has 0 aromatic carbocycles. The molecule has 0 aromatic rings. The summed E-state index contributed by atoms with van der Waals surface area (Å²) in [6.45, 7) is 4.46. The highest BCUT2D eigenvalue weighted by atomic mass is 19.4. The summed E-state index contributed by atoms with van der Waals surface area (Å²) >= 11 is 0. The number of aliphatic hydroxyl groups is 3. The van der Waals surface area contributed by atoms with Crippen LogP contribution >= 0.6 is 0 Å². The highest BCUT2D eigenvalue weighted by molar-refractivity contribution is 5.73. The van der Waals surface area contributed by atoms with Crippen LogP contribution in [-0.4, -0.2) is 56.2 Å². The largest absolute Gasteiger partial charge is 0.490 e. The van der Waals surface area contributed by atoms with E-state index in [9.17, 15) is 13.2 Å². The van der Waals surface area contributed by atoms with Crippen molar-refractivity contribution in [1.82, 2.24) is 4.90 Å². The Kier molecular flexibility index (Phi) is 8.07. The van der Waals surface area contributed by atoms with E-state index >= 15 is 0 Å². The van der Waals surface area contributed by atoms with Crippen molar-refractivity contribution in [2.75, 3.05) is 0 Å². The van der Waals surface area contributed by atoms with Gasteiger partial charge in [0, 0.05) is 0 Å². The monoisotopic (exact) mass is 263 g/mol. The first kappa shape index (κ1) is 18.5. The van der Waals surface area contributed by atoms with Crippen LogP contribution in [0.15, 0.2) is 0 Å². The fourth-order valence-electron chi connectivity index (χ4n) is 0.937. The molecule has 0 fully saturated rings. The molecule has 3 unspecified atom stereocenters. The first-order valence-corrected chi connectivity index (χ1v) is 4.53. The number of hydrogen-bond donors (Lipinski definition) is 4. The van der Waals surface area contributed by atoms with Gasteiger partial charge >= 0.3 is 12.1 Å². The average molecular weight is 263 g/mol. The van der Waals surface area contributed by atoms with Crippen molar-refractivity contribution in [3.8, 4) is 0 Å². The summed E-state index contributed by atoms with van der Waals surface area (Å²) in [5.41, 5.74) is 0. The number of aliphatic carboxylic acids is 1. The minimum atomic E-state index is -5.08. The van der Waals surface area contributed by atoms with Crippen molar-refractivity contribution in [3.05, 3.63) is 0 Å². The number of carboxylic acid groups (broad SMARTS) is 1. The lowest BCUT2D eigenvalue weighted by Crippen LogP contribution is -2.45. The van der Waals surface area contributed by atoms with E-state index in [1.54, 1.807) is 0 Å². The Morgan fingerprint density at radius 2 is 1.18 bits per heavy atom. The predicted octanol–water partition coefficient (Wildman–Crippen LogP) is -0.0634. The Balaban J connectivity index is 0. The number of rotatable bonds is 3. The van der Waals surface area contributed by atoms with Crippen LogP contribution in [0, 0.1) is 0 Å². The SMILES string of the molecule is CC(O)N(C(C)O)C(C)O.O=C(O)C(F)(F)F. The van der Waals surface area contributed by atoms with Crippen LogP contribution in [0.25, 0.3) is 0 Å². The lowest BCUT2D eigenvalue weighted by atomic mass is 10.4. The lowest BCUT2D eigenvalue weighted by molar-refractivity contribution is -0.192. The molecule has 0 aliphatic rings. The maximum atomic E-state index is 10.6. The maximum Gasteiger partial charge on any atom is 0.490 e. The van der Waals surface area contributed by atoms with Crippen LogP contribution in [0.2, 0.25) is 0 Å². The van der Waals surface area contributed by atoms with Crippen molar-refractivity contribution < 1.29 is 38.4 Å². The van der Waals surface area contributed by atoms with Crippen LogP contribution in [0.5, 0.6) is 0 Å². The minimum absolute atomic E-state index is 0.833. The third-order valence-electron chi connectivity index (χ3n) is 1.54. The molecule has 6 nitrogen and oxygen atoms in total. The highest BCUT2D eigenvalue weighted by Gasteiger charge is 2.38. The number of carbonyl (C=O) groups is 1. The second-order valence-electron chi connectivity index (χ2n) is 3.15. The number of alkyl halides is 3. The third-order valence-corrected chi connectivity index (χ3v) is 1.54. The van der Waals surface area contributed by atoms with Gasteiger partial charge in [-0.25, -0.2) is 9.69 Å². The van der Waals surface area contributed by atoms with E-state index in [-0.39, 0.29) is 0 Å². The van der Waals surface area contributed by atoms with Gasteiger partial charge in [-0.15, -0.1) is 0 Å². The van der Waals surface area contributed by atoms with Crippen molar-refractivity contribution in [2.45, 2.75) is 45.6 Å². The van der Waals surface area contributed by atoms with Gasteiger partial charge in [0.1, 0.15) is 18.7 Å². The van der Waals surface area contributed by atoms with Gasteiger partial charge in [-0.2, -0.15) is 13.2 Å². The molecule has 0 rings (SSSR count). The van der Waals surface area contributed by atoms with E-state index in [2.05, 4.69) is 0 Å². The lowest BCUT2D eigenvalue weighted by Gasteiger charge is -2.30. The standard InChI is InChI=1S/C6H15NO3.C2HF3O2/c1-4(8)7(5(2)9)6(3)10;3-2(4,5)1(6)7/h4-6,8-10H,1-3H3;(H,6,7). The summed E-state index contributed by atoms with van der Waals surface area (Å²) in [4.78, 5) is 10.1. The van der Waals surface area contributed by atoms with Crippen molar-refractivity contribution >= 4 is 5.97 Å². The molecule has 0 saturated heterocycles. The van der Waals surface area contributed by atoms with Gasteiger partial charge in [-0.05, 0) is 20.8 Å². The molecular weight excluding hydrogens is 247 g/mol. The van der Waals surface area contributed by atoms with E-state index in [0.29, 0.717) is 0 Å². The first-order chi connectivity index (χ1) is 7.41. The van der Waals surface area contributed by atoms with Gasteiger partial charge < -0.3 is 20.4 Å². The summed E-state index contributed by atoms with van der Waals surface area (Å²) in [7, 11) is 0. The molecule has 0 aliphatic heterocycles. The smallest absolute Gasteiger partial charge is 0.475 e. The average Bonchev–Trinajstić information content (AvgIpc) is 1.99. The molecule has 0 amide bonds. The number of nitrogens with zero attached hydrogens (tertiary/aromatic N) is 1. The molecule has 104 valence electrons. The molecule has 4 N–H and O–H groups in total. The summed E-state index contributed by atoms with van der Waals surface area (Å²) in [6, 6.07) is 0. The van der Waals surface area contributed by atoms with Crippen LogP contribution in [0.4, 0.5) is 13.2 Å². The van der Waals surface area contributed by atoms with E-state index in [4.69, 9.17) is 25.2 Å². The molecule has 0 bridgehead atoms. The molecule has 3 atom stereocenters. The zero-order valence-electron chi connectivity index (χ0n) is 9.51. The highest BCUT2D eigenvalue weighted by Crippen LogP contribution is 2.13. The van der Waals surface area contributed by atoms with Gasteiger partial charge in [0.05, 0.1) is 0 Å². The molecule has 0 aromatic heterocycles. The number of halogens is 3. The molecule has 0 spiro atoms. The van der Waals surface area contributed by atoms with Crippen LogP contribution in [0.1, 0.15) is 20.8 Å². The van der Waals surface area contributed by atoms with Crippen LogP contribution in [-0.2, 0) is 4.79 Å². The third kappa shape index (κ3) is 8.86. The number of aliphatic hydroxyl groups excluding tert-OH is 3. The molecule has 17 heavy (non-hydrogen) atoms. The fourth-order valence-corrected chi connectivity index (χ4v) is 0.937. The van der Waals surface area contributed by atoms with Gasteiger partial charge in [0.25, 0.3) is 0 Å². The predicted molar refractivity (Wildman–Crippen MR) is 50.6 cm³/mol. The van der Waals surface area contributed by atoms with Gasteiger partial charge in [0.2, 0.25) is 0 Å². The van der Waals surface area contributed by atoms with Gasteiger partial charge in [-0.3, -0.25) is 0 Å². The quantitative estimate of drug-likeness (QED) is 0.532. The van der Waals surface area contributed by atoms with E-state index < -0.39 is 30.8 Å². The van der Waals surface area contributed by atoms with Crippen LogP contribution < -0.4 is 0 Å². The maximum absolute atomic E-state index is 10.6. The zero-order valence-corrected chi connectivity index (χ0v) is 9.51. The topological polar surface area (TPSA) is 101 Å². The van der Waals surface area contributed by atoms with E-state index in [1.165, 1.54) is 25.7 Å².